The van der Waals surface area contributed by atoms with Crippen molar-refractivity contribution in [3.8, 4) is 0 Å². The fourth-order valence-corrected chi connectivity index (χ4v) is 3.08. The molecular formula is C14H27N3O. The van der Waals surface area contributed by atoms with Crippen molar-refractivity contribution in [2.75, 3.05) is 26.2 Å². The molecule has 0 aromatic carbocycles. The number of hydrogen-bond acceptors (Lipinski definition) is 3. The predicted molar refractivity (Wildman–Crippen MR) is 73.3 cm³/mol. The van der Waals surface area contributed by atoms with Crippen LogP contribution in [0.15, 0.2) is 0 Å². The third-order valence-electron chi connectivity index (χ3n) is 4.37. The topological polar surface area (TPSA) is 49.6 Å². The molecule has 2 fully saturated rings. The number of carbonyl (C=O) groups excluding carboxylic acids is 1. The molecule has 4 nitrogen and oxygen atoms in total. The van der Waals surface area contributed by atoms with Crippen LogP contribution in [-0.2, 0) is 4.79 Å². The summed E-state index contributed by atoms with van der Waals surface area (Å²) in [7, 11) is 0. The van der Waals surface area contributed by atoms with E-state index in [2.05, 4.69) is 4.90 Å². The minimum atomic E-state index is 0.0321. The van der Waals surface area contributed by atoms with Gasteiger partial charge in [-0.15, -0.1) is 0 Å². The first-order chi connectivity index (χ1) is 8.70. The summed E-state index contributed by atoms with van der Waals surface area (Å²) in [4.78, 5) is 16.8. The molecule has 4 heteroatoms. The van der Waals surface area contributed by atoms with E-state index in [1.807, 2.05) is 11.8 Å². The van der Waals surface area contributed by atoms with Crippen molar-refractivity contribution in [2.45, 2.75) is 57.5 Å². The number of nitrogens with two attached hydrogens (primary N) is 1. The first-order valence-corrected chi connectivity index (χ1v) is 7.48. The SMILES string of the molecule is CCC(N)CC(=O)N1CCCC(N2CCCC2)C1. The lowest BCUT2D eigenvalue weighted by Gasteiger charge is -2.38. The second-order valence-electron chi connectivity index (χ2n) is 5.75. The van der Waals surface area contributed by atoms with Crippen LogP contribution in [0.2, 0.25) is 0 Å². The zero-order valence-electron chi connectivity index (χ0n) is 11.6. The molecule has 0 saturated carbocycles. The number of nitrogens with zero attached hydrogens (tertiary/aromatic N) is 2. The van der Waals surface area contributed by atoms with Gasteiger partial charge in [0.15, 0.2) is 0 Å². The van der Waals surface area contributed by atoms with E-state index in [0.717, 1.165) is 25.9 Å². The summed E-state index contributed by atoms with van der Waals surface area (Å²) >= 11 is 0. The van der Waals surface area contributed by atoms with Crippen LogP contribution in [-0.4, -0.2) is 54.0 Å². The van der Waals surface area contributed by atoms with Crippen molar-refractivity contribution in [1.82, 2.24) is 9.80 Å². The molecule has 0 aromatic heterocycles. The molecule has 2 rings (SSSR count). The van der Waals surface area contributed by atoms with Crippen molar-refractivity contribution in [1.29, 1.82) is 0 Å². The number of amides is 1. The van der Waals surface area contributed by atoms with Crippen molar-refractivity contribution >= 4 is 5.91 Å². The summed E-state index contributed by atoms with van der Waals surface area (Å²) in [6.45, 7) is 6.35. The summed E-state index contributed by atoms with van der Waals surface area (Å²) in [5.74, 6) is 0.258. The van der Waals surface area contributed by atoms with E-state index < -0.39 is 0 Å². The highest BCUT2D eigenvalue weighted by molar-refractivity contribution is 5.77. The van der Waals surface area contributed by atoms with E-state index in [4.69, 9.17) is 5.73 Å². The van der Waals surface area contributed by atoms with Gasteiger partial charge in [0.1, 0.15) is 0 Å². The highest BCUT2D eigenvalue weighted by Gasteiger charge is 2.29. The molecule has 1 amide bonds. The Kier molecular flexibility index (Phi) is 5.01. The Morgan fingerprint density at radius 1 is 1.28 bits per heavy atom. The van der Waals surface area contributed by atoms with Gasteiger partial charge < -0.3 is 10.6 Å². The van der Waals surface area contributed by atoms with Crippen LogP contribution in [0.25, 0.3) is 0 Å². The Labute approximate surface area is 110 Å². The Morgan fingerprint density at radius 2 is 2.00 bits per heavy atom. The van der Waals surface area contributed by atoms with E-state index in [1.165, 1.54) is 32.4 Å². The molecule has 18 heavy (non-hydrogen) atoms. The second-order valence-corrected chi connectivity index (χ2v) is 5.75. The van der Waals surface area contributed by atoms with Crippen LogP contribution >= 0.6 is 0 Å². The zero-order valence-corrected chi connectivity index (χ0v) is 11.6. The number of likely N-dealkylation sites (tertiary alicyclic amines) is 2. The first kappa shape index (κ1) is 13.8. The molecule has 0 spiro atoms. The molecule has 2 heterocycles. The molecular weight excluding hydrogens is 226 g/mol. The van der Waals surface area contributed by atoms with Crippen LogP contribution in [0.1, 0.15) is 45.4 Å². The molecule has 0 bridgehead atoms. The normalized spacial score (nSPS) is 27.4. The molecule has 0 radical (unpaired) electrons. The minimum Gasteiger partial charge on any atom is -0.341 e. The van der Waals surface area contributed by atoms with Crippen LogP contribution < -0.4 is 5.73 Å². The molecule has 104 valence electrons. The van der Waals surface area contributed by atoms with Crippen LogP contribution in [0.5, 0.6) is 0 Å². The number of carbonyl (C=O) groups is 1. The Balaban J connectivity index is 1.83. The fraction of sp³-hybridized carbons (Fsp3) is 0.929. The first-order valence-electron chi connectivity index (χ1n) is 7.48. The monoisotopic (exact) mass is 253 g/mol. The lowest BCUT2D eigenvalue weighted by molar-refractivity contribution is -0.133. The summed E-state index contributed by atoms with van der Waals surface area (Å²) in [6, 6.07) is 0.632. The third kappa shape index (κ3) is 3.45. The number of hydrogen-bond donors (Lipinski definition) is 1. The highest BCUT2D eigenvalue weighted by atomic mass is 16.2. The number of rotatable bonds is 4. The van der Waals surface area contributed by atoms with E-state index in [1.54, 1.807) is 0 Å². The van der Waals surface area contributed by atoms with Crippen molar-refractivity contribution < 1.29 is 4.79 Å². The third-order valence-corrected chi connectivity index (χ3v) is 4.37. The lowest BCUT2D eigenvalue weighted by Crippen LogP contribution is -2.49. The summed E-state index contributed by atoms with van der Waals surface area (Å²) < 4.78 is 0. The average molecular weight is 253 g/mol. The van der Waals surface area contributed by atoms with Gasteiger partial charge in [-0.3, -0.25) is 9.69 Å². The molecule has 0 aliphatic carbocycles. The smallest absolute Gasteiger partial charge is 0.224 e. The summed E-state index contributed by atoms with van der Waals surface area (Å²) in [5.41, 5.74) is 5.88. The Morgan fingerprint density at radius 3 is 2.67 bits per heavy atom. The van der Waals surface area contributed by atoms with Crippen LogP contribution in [0.4, 0.5) is 0 Å². The van der Waals surface area contributed by atoms with E-state index >= 15 is 0 Å². The molecule has 2 saturated heterocycles. The van der Waals surface area contributed by atoms with Gasteiger partial charge in [0, 0.05) is 31.6 Å². The summed E-state index contributed by atoms with van der Waals surface area (Å²) in [6.07, 6.45) is 6.45. The van der Waals surface area contributed by atoms with E-state index in [9.17, 15) is 4.79 Å². The van der Waals surface area contributed by atoms with Gasteiger partial charge in [0.2, 0.25) is 5.91 Å². The Hall–Kier alpha value is -0.610. The number of piperidine rings is 1. The molecule has 2 N–H and O–H groups in total. The predicted octanol–water partition coefficient (Wildman–Crippen LogP) is 1.20. The maximum atomic E-state index is 12.2. The average Bonchev–Trinajstić information content (AvgIpc) is 2.92. The van der Waals surface area contributed by atoms with Gasteiger partial charge in [-0.05, 0) is 45.2 Å². The maximum absolute atomic E-state index is 12.2. The van der Waals surface area contributed by atoms with E-state index in [0.29, 0.717) is 12.5 Å². The van der Waals surface area contributed by atoms with Gasteiger partial charge >= 0.3 is 0 Å². The van der Waals surface area contributed by atoms with Crippen molar-refractivity contribution in [2.24, 2.45) is 5.73 Å². The lowest BCUT2D eigenvalue weighted by atomic mass is 10.0. The van der Waals surface area contributed by atoms with Gasteiger partial charge in [-0.1, -0.05) is 6.92 Å². The highest BCUT2D eigenvalue weighted by Crippen LogP contribution is 2.21. The van der Waals surface area contributed by atoms with Gasteiger partial charge in [-0.2, -0.15) is 0 Å². The van der Waals surface area contributed by atoms with Gasteiger partial charge in [0.05, 0.1) is 0 Å². The van der Waals surface area contributed by atoms with Crippen LogP contribution in [0, 0.1) is 0 Å². The molecule has 2 unspecified atom stereocenters. The largest absolute Gasteiger partial charge is 0.341 e. The zero-order chi connectivity index (χ0) is 13.0. The second kappa shape index (κ2) is 6.53. The Bertz CT molecular complexity index is 276. The standard InChI is InChI=1S/C14H27N3O/c1-2-12(15)10-14(18)17-9-5-6-13(11-17)16-7-3-4-8-16/h12-13H,2-11,15H2,1H3. The summed E-state index contributed by atoms with van der Waals surface area (Å²) in [5, 5.41) is 0. The molecule has 2 atom stereocenters. The quantitative estimate of drug-likeness (QED) is 0.819. The maximum Gasteiger partial charge on any atom is 0.224 e. The van der Waals surface area contributed by atoms with E-state index in [-0.39, 0.29) is 11.9 Å². The van der Waals surface area contributed by atoms with Crippen molar-refractivity contribution in [3.63, 3.8) is 0 Å². The fourth-order valence-electron chi connectivity index (χ4n) is 3.08. The van der Waals surface area contributed by atoms with Crippen molar-refractivity contribution in [3.05, 3.63) is 0 Å². The molecule has 0 aromatic rings. The van der Waals surface area contributed by atoms with Gasteiger partial charge in [-0.25, -0.2) is 0 Å². The van der Waals surface area contributed by atoms with Crippen LogP contribution in [0.3, 0.4) is 0 Å². The minimum absolute atomic E-state index is 0.0321. The molecule has 2 aliphatic rings. The van der Waals surface area contributed by atoms with Gasteiger partial charge in [0.25, 0.3) is 0 Å². The molecule has 2 aliphatic heterocycles.